The molecule has 0 nitrogen and oxygen atoms in total. The van der Waals surface area contributed by atoms with Crippen LogP contribution in [-0.2, 0) is 0 Å². The molecule has 0 bridgehead atoms. The third-order valence-corrected chi connectivity index (χ3v) is 2.94. The Labute approximate surface area is 53.7 Å². The SMILES string of the molecule is C/C=C\P(C)CCC. The maximum Gasteiger partial charge on any atom is -0.0296 e. The summed E-state index contributed by atoms with van der Waals surface area (Å²) in [5.41, 5.74) is 0. The van der Waals surface area contributed by atoms with E-state index >= 15 is 0 Å². The van der Waals surface area contributed by atoms with Crippen molar-refractivity contribution in [2.45, 2.75) is 20.3 Å². The highest BCUT2D eigenvalue weighted by molar-refractivity contribution is 7.60. The number of hydrogen-bond acceptors (Lipinski definition) is 0. The van der Waals surface area contributed by atoms with Crippen molar-refractivity contribution in [3.05, 3.63) is 11.9 Å². The molecule has 0 aromatic heterocycles. The van der Waals surface area contributed by atoms with Gasteiger partial charge in [-0.25, -0.2) is 0 Å². The Balaban J connectivity index is 3.17. The van der Waals surface area contributed by atoms with E-state index < -0.39 is 0 Å². The van der Waals surface area contributed by atoms with Crippen molar-refractivity contribution in [3.63, 3.8) is 0 Å². The molecule has 0 radical (unpaired) electrons. The van der Waals surface area contributed by atoms with Crippen molar-refractivity contribution in [1.29, 1.82) is 0 Å². The van der Waals surface area contributed by atoms with Crippen molar-refractivity contribution < 1.29 is 0 Å². The van der Waals surface area contributed by atoms with Crippen LogP contribution >= 0.6 is 7.92 Å². The molecule has 8 heavy (non-hydrogen) atoms. The molecule has 0 aromatic carbocycles. The molecule has 0 heterocycles. The quantitative estimate of drug-likeness (QED) is 0.515. The predicted octanol–water partition coefficient (Wildman–Crippen LogP) is 3.04. The Morgan fingerprint density at radius 1 is 1.50 bits per heavy atom. The van der Waals surface area contributed by atoms with Gasteiger partial charge < -0.3 is 0 Å². The maximum atomic E-state index is 2.32. The zero-order chi connectivity index (χ0) is 6.41. The molecule has 0 amide bonds. The lowest BCUT2D eigenvalue weighted by Gasteiger charge is -2.01. The summed E-state index contributed by atoms with van der Waals surface area (Å²) in [6.07, 6.45) is 4.87. The molecular formula is C7H15P. The predicted molar refractivity (Wildman–Crippen MR) is 42.8 cm³/mol. The van der Waals surface area contributed by atoms with E-state index in [0.717, 1.165) is 0 Å². The Morgan fingerprint density at radius 3 is 2.50 bits per heavy atom. The highest BCUT2D eigenvalue weighted by Gasteiger charge is 1.89. The Kier molecular flexibility index (Phi) is 5.42. The second-order valence-electron chi connectivity index (χ2n) is 1.96. The third kappa shape index (κ3) is 4.33. The molecule has 0 aromatic rings. The molecule has 0 fully saturated rings. The highest BCUT2D eigenvalue weighted by Crippen LogP contribution is 2.32. The summed E-state index contributed by atoms with van der Waals surface area (Å²) in [4.78, 5) is 0. The van der Waals surface area contributed by atoms with Crippen LogP contribution < -0.4 is 0 Å². The molecule has 0 rings (SSSR count). The van der Waals surface area contributed by atoms with Gasteiger partial charge in [-0.3, -0.25) is 0 Å². The van der Waals surface area contributed by atoms with Crippen molar-refractivity contribution >= 4 is 7.92 Å². The van der Waals surface area contributed by atoms with Gasteiger partial charge in [0.05, 0.1) is 0 Å². The minimum absolute atomic E-state index is 0.239. The largest absolute Gasteiger partial charge is 0.0872 e. The second-order valence-corrected chi connectivity index (χ2v) is 4.22. The summed E-state index contributed by atoms with van der Waals surface area (Å²) >= 11 is 0. The molecule has 0 aliphatic carbocycles. The number of allylic oxidation sites excluding steroid dienone is 1. The van der Waals surface area contributed by atoms with Crippen molar-refractivity contribution in [2.75, 3.05) is 12.8 Å². The van der Waals surface area contributed by atoms with Crippen LogP contribution in [0.1, 0.15) is 20.3 Å². The first-order chi connectivity index (χ1) is 3.81. The van der Waals surface area contributed by atoms with Crippen LogP contribution in [0.25, 0.3) is 0 Å². The van der Waals surface area contributed by atoms with E-state index in [1.54, 1.807) is 0 Å². The van der Waals surface area contributed by atoms with Gasteiger partial charge in [-0.15, -0.1) is 0 Å². The van der Waals surface area contributed by atoms with E-state index in [2.05, 4.69) is 32.4 Å². The number of rotatable bonds is 3. The zero-order valence-electron chi connectivity index (χ0n) is 6.02. The summed E-state index contributed by atoms with van der Waals surface area (Å²) in [6, 6.07) is 0. The summed E-state index contributed by atoms with van der Waals surface area (Å²) in [7, 11) is 0.239. The lowest BCUT2D eigenvalue weighted by molar-refractivity contribution is 1.10. The van der Waals surface area contributed by atoms with Crippen LogP contribution in [0, 0.1) is 0 Å². The maximum absolute atomic E-state index is 2.32. The minimum Gasteiger partial charge on any atom is -0.0872 e. The Bertz CT molecular complexity index is 66.8. The standard InChI is InChI=1S/C7H15P/c1-4-6-8(3)7-5-2/h4,6H,5,7H2,1-3H3/b6-4-. The fourth-order valence-electron chi connectivity index (χ4n) is 0.682. The van der Waals surface area contributed by atoms with Crippen molar-refractivity contribution in [1.82, 2.24) is 0 Å². The van der Waals surface area contributed by atoms with Gasteiger partial charge in [-0.1, -0.05) is 33.2 Å². The third-order valence-electron chi connectivity index (χ3n) is 0.980. The first-order valence-corrected chi connectivity index (χ1v) is 5.18. The van der Waals surface area contributed by atoms with Gasteiger partial charge in [-0.2, -0.15) is 0 Å². The van der Waals surface area contributed by atoms with Gasteiger partial charge >= 0.3 is 0 Å². The van der Waals surface area contributed by atoms with E-state index in [-0.39, 0.29) is 7.92 Å². The fraction of sp³-hybridized carbons (Fsp3) is 0.714. The van der Waals surface area contributed by atoms with Crippen molar-refractivity contribution in [3.8, 4) is 0 Å². The first-order valence-electron chi connectivity index (χ1n) is 3.14. The first kappa shape index (κ1) is 8.17. The van der Waals surface area contributed by atoms with Crippen LogP contribution in [0.4, 0.5) is 0 Å². The minimum atomic E-state index is 0.239. The van der Waals surface area contributed by atoms with E-state index in [1.807, 2.05) is 0 Å². The molecule has 1 atom stereocenters. The molecule has 1 unspecified atom stereocenters. The molecule has 0 N–H and O–H groups in total. The van der Waals surface area contributed by atoms with Gasteiger partial charge in [-0.05, 0) is 19.8 Å². The normalized spacial score (nSPS) is 14.9. The monoisotopic (exact) mass is 130 g/mol. The van der Waals surface area contributed by atoms with E-state index in [4.69, 9.17) is 0 Å². The van der Waals surface area contributed by atoms with Crippen LogP contribution in [0.15, 0.2) is 11.9 Å². The molecule has 1 heteroatoms. The topological polar surface area (TPSA) is 0 Å². The molecule has 0 saturated heterocycles. The van der Waals surface area contributed by atoms with E-state index in [9.17, 15) is 0 Å². The zero-order valence-corrected chi connectivity index (χ0v) is 6.91. The second kappa shape index (κ2) is 5.31. The van der Waals surface area contributed by atoms with Crippen molar-refractivity contribution in [2.24, 2.45) is 0 Å². The van der Waals surface area contributed by atoms with E-state index in [0.29, 0.717) is 0 Å². The van der Waals surface area contributed by atoms with Gasteiger partial charge in [0.15, 0.2) is 0 Å². The molecular weight excluding hydrogens is 115 g/mol. The highest BCUT2D eigenvalue weighted by atomic mass is 31.1. The van der Waals surface area contributed by atoms with Crippen LogP contribution in [0.5, 0.6) is 0 Å². The van der Waals surface area contributed by atoms with Crippen LogP contribution in [0.2, 0.25) is 0 Å². The Morgan fingerprint density at radius 2 is 2.12 bits per heavy atom. The smallest absolute Gasteiger partial charge is 0.0296 e. The lowest BCUT2D eigenvalue weighted by Crippen LogP contribution is -1.73. The van der Waals surface area contributed by atoms with Gasteiger partial charge in [0.2, 0.25) is 0 Å². The van der Waals surface area contributed by atoms with E-state index in [1.165, 1.54) is 12.6 Å². The lowest BCUT2D eigenvalue weighted by atomic mass is 10.6. The molecule has 0 saturated carbocycles. The molecule has 0 aliphatic rings. The fourth-order valence-corrected chi connectivity index (χ4v) is 2.05. The van der Waals surface area contributed by atoms with Gasteiger partial charge in [0.25, 0.3) is 0 Å². The average Bonchev–Trinajstić information content (AvgIpc) is 1.68. The van der Waals surface area contributed by atoms with Gasteiger partial charge in [0, 0.05) is 0 Å². The summed E-state index contributed by atoms with van der Waals surface area (Å²) in [5.74, 6) is 2.32. The summed E-state index contributed by atoms with van der Waals surface area (Å²) < 4.78 is 0. The molecule has 0 aliphatic heterocycles. The average molecular weight is 130 g/mol. The van der Waals surface area contributed by atoms with Crippen LogP contribution in [-0.4, -0.2) is 12.8 Å². The Hall–Kier alpha value is 0.170. The number of hydrogen-bond donors (Lipinski definition) is 0. The van der Waals surface area contributed by atoms with Gasteiger partial charge in [0.1, 0.15) is 0 Å². The summed E-state index contributed by atoms with van der Waals surface area (Å²) in [5, 5.41) is 0. The summed E-state index contributed by atoms with van der Waals surface area (Å²) in [6.45, 7) is 6.65. The molecule has 0 spiro atoms. The van der Waals surface area contributed by atoms with Crippen LogP contribution in [0.3, 0.4) is 0 Å². The molecule has 48 valence electrons.